The molecule has 1 amide bonds. The largest absolute Gasteiger partial charge is 0.368 e. The van der Waals surface area contributed by atoms with Crippen molar-refractivity contribution in [1.29, 1.82) is 0 Å². The molecule has 1 saturated carbocycles. The summed E-state index contributed by atoms with van der Waals surface area (Å²) in [5, 5.41) is 11.2. The molecular formula is C21H25N7O. The number of nitrogens with two attached hydrogens (primary N) is 1. The van der Waals surface area contributed by atoms with E-state index in [1.807, 2.05) is 17.0 Å². The fourth-order valence-electron chi connectivity index (χ4n) is 4.63. The lowest BCUT2D eigenvalue weighted by molar-refractivity contribution is -0.123. The van der Waals surface area contributed by atoms with Crippen LogP contribution >= 0.6 is 0 Å². The second-order valence-corrected chi connectivity index (χ2v) is 8.02. The first-order valence-corrected chi connectivity index (χ1v) is 10.3. The summed E-state index contributed by atoms with van der Waals surface area (Å²) in [6.07, 6.45) is 8.02. The van der Waals surface area contributed by atoms with Crippen LogP contribution in [-0.2, 0) is 11.2 Å². The highest BCUT2D eigenvalue weighted by Gasteiger charge is 2.33. The molecule has 1 unspecified atom stereocenters. The van der Waals surface area contributed by atoms with Crippen LogP contribution in [0.1, 0.15) is 37.7 Å². The Balaban J connectivity index is 1.44. The van der Waals surface area contributed by atoms with E-state index in [0.29, 0.717) is 18.0 Å². The van der Waals surface area contributed by atoms with Gasteiger partial charge in [-0.25, -0.2) is 0 Å². The Kier molecular flexibility index (Phi) is 4.54. The number of benzene rings is 1. The minimum Gasteiger partial charge on any atom is -0.368 e. The lowest BCUT2D eigenvalue weighted by Gasteiger charge is -2.37. The van der Waals surface area contributed by atoms with E-state index < -0.39 is 0 Å². The number of carbonyl (C=O) groups is 1. The Morgan fingerprint density at radius 3 is 2.86 bits per heavy atom. The molecule has 8 nitrogen and oxygen atoms in total. The van der Waals surface area contributed by atoms with Crippen LogP contribution in [0.2, 0.25) is 0 Å². The van der Waals surface area contributed by atoms with Gasteiger partial charge in [-0.1, -0.05) is 37.5 Å². The van der Waals surface area contributed by atoms with Crippen molar-refractivity contribution in [2.24, 2.45) is 5.92 Å². The number of hydrogen-bond donors (Lipinski definition) is 3. The summed E-state index contributed by atoms with van der Waals surface area (Å²) >= 11 is 0. The fraction of sp³-hybridized carbons (Fsp3) is 0.429. The van der Waals surface area contributed by atoms with Gasteiger partial charge in [0, 0.05) is 24.2 Å². The van der Waals surface area contributed by atoms with Crippen LogP contribution < -0.4 is 16.0 Å². The van der Waals surface area contributed by atoms with Gasteiger partial charge in [-0.3, -0.25) is 9.89 Å². The van der Waals surface area contributed by atoms with Gasteiger partial charge < -0.3 is 16.0 Å². The van der Waals surface area contributed by atoms with E-state index in [4.69, 9.17) is 5.73 Å². The Hall–Kier alpha value is -3.16. The quantitative estimate of drug-likeness (QED) is 0.633. The third-order valence-electron chi connectivity index (χ3n) is 6.04. The van der Waals surface area contributed by atoms with Crippen LogP contribution in [0.4, 0.5) is 17.5 Å². The smallest absolute Gasteiger partial charge is 0.230 e. The number of fused-ring (bicyclic) bond motifs is 2. The van der Waals surface area contributed by atoms with Crippen molar-refractivity contribution in [1.82, 2.24) is 20.2 Å². The molecule has 150 valence electrons. The maximum atomic E-state index is 13.4. The molecule has 1 aliphatic carbocycles. The monoisotopic (exact) mass is 391 g/mol. The summed E-state index contributed by atoms with van der Waals surface area (Å²) in [4.78, 5) is 23.9. The van der Waals surface area contributed by atoms with Gasteiger partial charge in [0.2, 0.25) is 11.9 Å². The molecule has 8 heteroatoms. The predicted octanol–water partition coefficient (Wildman–Crippen LogP) is 2.89. The third kappa shape index (κ3) is 3.39. The minimum absolute atomic E-state index is 0.0323. The number of carbonyl (C=O) groups excluding carboxylic acids is 1. The number of aromatic nitrogens is 4. The highest BCUT2D eigenvalue weighted by molar-refractivity contribution is 5.96. The van der Waals surface area contributed by atoms with Gasteiger partial charge in [0.25, 0.3) is 0 Å². The van der Waals surface area contributed by atoms with E-state index >= 15 is 0 Å². The van der Waals surface area contributed by atoms with Crippen molar-refractivity contribution in [3.63, 3.8) is 0 Å². The Morgan fingerprint density at radius 2 is 2.00 bits per heavy atom. The normalized spacial score (nSPS) is 19.9. The van der Waals surface area contributed by atoms with Crippen molar-refractivity contribution in [2.75, 3.05) is 22.5 Å². The molecule has 0 bridgehead atoms. The molecule has 0 radical (unpaired) electrons. The van der Waals surface area contributed by atoms with Gasteiger partial charge >= 0.3 is 0 Å². The lowest BCUT2D eigenvalue weighted by Crippen LogP contribution is -2.48. The number of nitrogen functional groups attached to an aromatic ring is 1. The molecule has 1 atom stereocenters. The van der Waals surface area contributed by atoms with E-state index in [0.717, 1.165) is 43.2 Å². The number of anilines is 3. The highest BCUT2D eigenvalue weighted by Crippen LogP contribution is 2.33. The second kappa shape index (κ2) is 7.35. The molecule has 2 aliphatic rings. The molecule has 1 aliphatic heterocycles. The maximum Gasteiger partial charge on any atom is 0.230 e. The minimum atomic E-state index is 0.0323. The molecule has 4 N–H and O–H groups in total. The zero-order chi connectivity index (χ0) is 19.8. The third-order valence-corrected chi connectivity index (χ3v) is 6.04. The average molecular weight is 391 g/mol. The van der Waals surface area contributed by atoms with Crippen molar-refractivity contribution in [3.05, 3.63) is 36.0 Å². The standard InChI is InChI=1S/C21H25N7O/c22-21-25-18(16-11-23-27-19(16)26-21)24-15-10-14-8-4-5-9-17(14)28(12-15)20(29)13-6-2-1-3-7-13/h4-5,8-9,11,13,15H,1-3,6-7,10,12H2,(H4,22,23,24,25,26,27). The number of rotatable bonds is 3. The van der Waals surface area contributed by atoms with Gasteiger partial charge in [0.05, 0.1) is 11.6 Å². The number of aromatic amines is 1. The number of para-hydroxylation sites is 1. The number of hydrogen-bond acceptors (Lipinski definition) is 6. The van der Waals surface area contributed by atoms with Crippen molar-refractivity contribution >= 4 is 34.4 Å². The van der Waals surface area contributed by atoms with Gasteiger partial charge in [-0.2, -0.15) is 15.1 Å². The first-order chi connectivity index (χ1) is 14.2. The Bertz CT molecular complexity index is 1040. The summed E-state index contributed by atoms with van der Waals surface area (Å²) in [7, 11) is 0. The SMILES string of the molecule is Nc1nc(NC2Cc3ccccc3N(C(=O)C3CCCCC3)C2)c2cn[nH]c2n1. The van der Waals surface area contributed by atoms with E-state index in [2.05, 4.69) is 37.6 Å². The van der Waals surface area contributed by atoms with E-state index in [1.54, 1.807) is 6.20 Å². The first kappa shape index (κ1) is 17.9. The Labute approximate surface area is 168 Å². The molecule has 0 spiro atoms. The highest BCUT2D eigenvalue weighted by atomic mass is 16.2. The van der Waals surface area contributed by atoms with Crippen LogP contribution in [0.3, 0.4) is 0 Å². The zero-order valence-electron chi connectivity index (χ0n) is 16.3. The van der Waals surface area contributed by atoms with Gasteiger partial charge in [0.15, 0.2) is 5.65 Å². The fourth-order valence-corrected chi connectivity index (χ4v) is 4.63. The van der Waals surface area contributed by atoms with E-state index in [1.165, 1.54) is 12.0 Å². The number of amides is 1. The van der Waals surface area contributed by atoms with E-state index in [-0.39, 0.29) is 23.8 Å². The van der Waals surface area contributed by atoms with E-state index in [9.17, 15) is 4.79 Å². The molecule has 1 aromatic carbocycles. The summed E-state index contributed by atoms with van der Waals surface area (Å²) in [6.45, 7) is 0.607. The molecule has 1 fully saturated rings. The molecule has 5 rings (SSSR count). The van der Waals surface area contributed by atoms with Crippen LogP contribution in [0.25, 0.3) is 11.0 Å². The van der Waals surface area contributed by atoms with Crippen LogP contribution in [-0.4, -0.2) is 38.7 Å². The van der Waals surface area contributed by atoms with Crippen molar-refractivity contribution < 1.29 is 4.79 Å². The van der Waals surface area contributed by atoms with Gasteiger partial charge in [0.1, 0.15) is 5.82 Å². The summed E-state index contributed by atoms with van der Waals surface area (Å²) < 4.78 is 0. The average Bonchev–Trinajstić information content (AvgIpc) is 3.22. The molecule has 0 saturated heterocycles. The second-order valence-electron chi connectivity index (χ2n) is 8.02. The summed E-state index contributed by atoms with van der Waals surface area (Å²) in [6, 6.07) is 8.23. The van der Waals surface area contributed by atoms with Crippen molar-refractivity contribution in [3.8, 4) is 0 Å². The van der Waals surface area contributed by atoms with Crippen molar-refractivity contribution in [2.45, 2.75) is 44.6 Å². The van der Waals surface area contributed by atoms with Crippen LogP contribution in [0, 0.1) is 5.92 Å². The molecule has 3 aromatic rings. The summed E-state index contributed by atoms with van der Waals surface area (Å²) in [5.74, 6) is 1.22. The maximum absolute atomic E-state index is 13.4. The topological polar surface area (TPSA) is 113 Å². The van der Waals surface area contributed by atoms with Crippen LogP contribution in [0.5, 0.6) is 0 Å². The number of H-pyrrole nitrogens is 1. The molecular weight excluding hydrogens is 366 g/mol. The lowest BCUT2D eigenvalue weighted by atomic mass is 9.87. The van der Waals surface area contributed by atoms with Gasteiger partial charge in [-0.15, -0.1) is 0 Å². The number of nitrogens with one attached hydrogen (secondary N) is 2. The molecule has 29 heavy (non-hydrogen) atoms. The van der Waals surface area contributed by atoms with Crippen LogP contribution in [0.15, 0.2) is 30.5 Å². The van der Waals surface area contributed by atoms with Gasteiger partial charge in [-0.05, 0) is 30.9 Å². The summed E-state index contributed by atoms with van der Waals surface area (Å²) in [5.41, 5.74) is 8.68. The molecule has 2 aromatic heterocycles. The first-order valence-electron chi connectivity index (χ1n) is 10.3. The number of nitrogens with zero attached hydrogens (tertiary/aromatic N) is 4. The molecule has 3 heterocycles. The predicted molar refractivity (Wildman–Crippen MR) is 113 cm³/mol. The zero-order valence-corrected chi connectivity index (χ0v) is 16.3. The Morgan fingerprint density at radius 1 is 1.17 bits per heavy atom.